The topological polar surface area (TPSA) is 174 Å². The zero-order valence-electron chi connectivity index (χ0n) is 23.7. The molecule has 4 rings (SSSR count). The maximum atomic E-state index is 12.6. The van der Waals surface area contributed by atoms with E-state index in [9.17, 15) is 30.3 Å². The van der Waals surface area contributed by atoms with E-state index >= 15 is 0 Å². The Hall–Kier alpha value is -0.770. The first kappa shape index (κ1) is 32.2. The molecule has 40 heavy (non-hydrogen) atoms. The molecule has 1 saturated carbocycles. The van der Waals surface area contributed by atoms with Gasteiger partial charge in [0.15, 0.2) is 18.4 Å². The fraction of sp³-hybridized carbons (Fsp3) is 0.964. The van der Waals surface area contributed by atoms with Gasteiger partial charge in [0.1, 0.15) is 48.8 Å². The van der Waals surface area contributed by atoms with E-state index in [1.54, 1.807) is 13.8 Å². The Kier molecular flexibility index (Phi) is 11.7. The SMILES string of the molecule is CCC(=O)[C@H]1CCCCOC2C(O1)[C@@H](O)C(CO)O[C@H]2O[C@@H]1CCC[C@@H](CC)C1O[C@@H]1OC(C)[C@@H](O)C(O)[C@@H]1O. The number of Topliss-reactive ketones (excluding diaryl/α,β-unsaturated/α-hetero) is 1. The lowest BCUT2D eigenvalue weighted by molar-refractivity contribution is -0.352. The second-order valence-electron chi connectivity index (χ2n) is 11.5. The quantitative estimate of drug-likeness (QED) is 0.266. The minimum atomic E-state index is -1.45. The van der Waals surface area contributed by atoms with Crippen molar-refractivity contribution in [2.24, 2.45) is 5.92 Å². The van der Waals surface area contributed by atoms with E-state index in [4.69, 9.17) is 28.4 Å². The second-order valence-corrected chi connectivity index (χ2v) is 11.5. The molecule has 0 aromatic carbocycles. The Labute approximate surface area is 235 Å². The first-order valence-corrected chi connectivity index (χ1v) is 14.9. The Morgan fingerprint density at radius 1 is 0.825 bits per heavy atom. The van der Waals surface area contributed by atoms with E-state index in [2.05, 4.69) is 0 Å². The minimum Gasteiger partial charge on any atom is -0.394 e. The van der Waals surface area contributed by atoms with Crippen LogP contribution in [0.15, 0.2) is 0 Å². The standard InChI is InChI=1S/C28H48O12/c1-4-15-9-8-11-18(24(15)40-27-23(34)22(33)20(31)14(3)36-27)38-28-26-25(21(32)19(13-29)39-28)37-17(16(30)5-2)10-6-7-12-35-26/h14-15,17-29,31-34H,4-13H2,1-3H3/t14?,15-,17-,18-,19?,20-,21+,22?,23+,24?,25?,26?,27+,28-/m1/s1. The van der Waals surface area contributed by atoms with Gasteiger partial charge in [-0.1, -0.05) is 26.7 Å². The molecule has 232 valence electrons. The molecule has 0 aromatic rings. The zero-order chi connectivity index (χ0) is 29.0. The highest BCUT2D eigenvalue weighted by Crippen LogP contribution is 2.37. The summed E-state index contributed by atoms with van der Waals surface area (Å²) >= 11 is 0. The first-order chi connectivity index (χ1) is 19.2. The summed E-state index contributed by atoms with van der Waals surface area (Å²) in [5.41, 5.74) is 0. The summed E-state index contributed by atoms with van der Waals surface area (Å²) in [6.45, 7) is 5.29. The molecule has 3 heterocycles. The number of hydrogen-bond donors (Lipinski definition) is 5. The van der Waals surface area contributed by atoms with Crippen LogP contribution >= 0.6 is 0 Å². The van der Waals surface area contributed by atoms with E-state index in [0.717, 1.165) is 25.7 Å². The van der Waals surface area contributed by atoms with Gasteiger partial charge in [0.2, 0.25) is 0 Å². The van der Waals surface area contributed by atoms with Crippen LogP contribution in [0.25, 0.3) is 0 Å². The Bertz CT molecular complexity index is 799. The lowest BCUT2D eigenvalue weighted by Crippen LogP contribution is -2.63. The highest BCUT2D eigenvalue weighted by Gasteiger charge is 2.51. The molecule has 3 aliphatic heterocycles. The number of hydrogen-bond acceptors (Lipinski definition) is 12. The zero-order valence-corrected chi connectivity index (χ0v) is 23.7. The summed E-state index contributed by atoms with van der Waals surface area (Å²) in [4.78, 5) is 12.6. The van der Waals surface area contributed by atoms with Crippen LogP contribution in [0.1, 0.15) is 72.1 Å². The molecule has 12 heteroatoms. The van der Waals surface area contributed by atoms with E-state index in [-0.39, 0.29) is 11.7 Å². The van der Waals surface area contributed by atoms with Crippen LogP contribution in [0.5, 0.6) is 0 Å². The van der Waals surface area contributed by atoms with E-state index < -0.39 is 86.3 Å². The van der Waals surface area contributed by atoms with Crippen LogP contribution in [0.2, 0.25) is 0 Å². The maximum absolute atomic E-state index is 12.6. The number of fused-ring (bicyclic) bond motifs is 1. The predicted octanol–water partition coefficient (Wildman–Crippen LogP) is 0.175. The number of ketones is 1. The van der Waals surface area contributed by atoms with Crippen LogP contribution in [0.3, 0.4) is 0 Å². The molecule has 4 fully saturated rings. The van der Waals surface area contributed by atoms with Crippen LogP contribution in [-0.4, -0.2) is 124 Å². The van der Waals surface area contributed by atoms with E-state index in [1.807, 2.05) is 6.92 Å². The van der Waals surface area contributed by atoms with Crippen molar-refractivity contribution >= 4 is 5.78 Å². The lowest BCUT2D eigenvalue weighted by atomic mass is 9.82. The molecule has 14 atom stereocenters. The third-order valence-corrected chi connectivity index (χ3v) is 8.83. The molecule has 0 amide bonds. The highest BCUT2D eigenvalue weighted by molar-refractivity contribution is 5.82. The van der Waals surface area contributed by atoms with Gasteiger partial charge in [-0.3, -0.25) is 4.79 Å². The van der Waals surface area contributed by atoms with Gasteiger partial charge in [-0.05, 0) is 44.9 Å². The Morgan fingerprint density at radius 3 is 2.30 bits per heavy atom. The lowest BCUT2D eigenvalue weighted by Gasteiger charge is -2.48. The summed E-state index contributed by atoms with van der Waals surface area (Å²) in [5, 5.41) is 52.1. The van der Waals surface area contributed by atoms with Crippen LogP contribution in [-0.2, 0) is 33.2 Å². The molecule has 3 saturated heterocycles. The fourth-order valence-corrected chi connectivity index (χ4v) is 6.30. The smallest absolute Gasteiger partial charge is 0.187 e. The number of carbonyl (C=O) groups is 1. The monoisotopic (exact) mass is 576 g/mol. The van der Waals surface area contributed by atoms with Gasteiger partial charge in [0, 0.05) is 13.0 Å². The number of aliphatic hydroxyl groups excluding tert-OH is 5. The highest BCUT2D eigenvalue weighted by atomic mass is 16.7. The predicted molar refractivity (Wildman–Crippen MR) is 139 cm³/mol. The average molecular weight is 577 g/mol. The van der Waals surface area contributed by atoms with Crippen molar-refractivity contribution in [2.75, 3.05) is 13.2 Å². The van der Waals surface area contributed by atoms with Crippen molar-refractivity contribution in [3.05, 3.63) is 0 Å². The molecule has 6 unspecified atom stereocenters. The van der Waals surface area contributed by atoms with Gasteiger partial charge < -0.3 is 54.0 Å². The summed E-state index contributed by atoms with van der Waals surface area (Å²) in [6.07, 6.45) is -7.57. The number of aliphatic hydroxyl groups is 5. The summed E-state index contributed by atoms with van der Waals surface area (Å²) in [6, 6.07) is 0. The third kappa shape index (κ3) is 7.05. The number of carbonyl (C=O) groups excluding carboxylic acids is 1. The molecular formula is C28H48O12. The second kappa shape index (κ2) is 14.6. The van der Waals surface area contributed by atoms with Gasteiger partial charge in [0.25, 0.3) is 0 Å². The molecule has 0 aromatic heterocycles. The van der Waals surface area contributed by atoms with Crippen molar-refractivity contribution in [1.82, 2.24) is 0 Å². The van der Waals surface area contributed by atoms with Crippen molar-refractivity contribution < 1.29 is 58.7 Å². The van der Waals surface area contributed by atoms with Crippen LogP contribution in [0, 0.1) is 5.92 Å². The van der Waals surface area contributed by atoms with Crippen molar-refractivity contribution in [3.63, 3.8) is 0 Å². The van der Waals surface area contributed by atoms with Gasteiger partial charge in [-0.2, -0.15) is 0 Å². The molecule has 12 nitrogen and oxygen atoms in total. The molecule has 0 radical (unpaired) electrons. The third-order valence-electron chi connectivity index (χ3n) is 8.83. The normalized spacial score (nSPS) is 47.0. The van der Waals surface area contributed by atoms with E-state index in [0.29, 0.717) is 32.3 Å². The largest absolute Gasteiger partial charge is 0.394 e. The average Bonchev–Trinajstić information content (AvgIpc) is 3.07. The van der Waals surface area contributed by atoms with Crippen molar-refractivity contribution in [1.29, 1.82) is 0 Å². The molecule has 0 spiro atoms. The molecule has 1 aliphatic carbocycles. The number of ether oxygens (including phenoxy) is 6. The molecule has 4 aliphatic rings. The number of rotatable bonds is 8. The summed E-state index contributed by atoms with van der Waals surface area (Å²) in [5.74, 6) is -0.00631. The van der Waals surface area contributed by atoms with Gasteiger partial charge in [-0.25, -0.2) is 0 Å². The van der Waals surface area contributed by atoms with Gasteiger partial charge in [0.05, 0.1) is 24.9 Å². The Morgan fingerprint density at radius 2 is 1.60 bits per heavy atom. The summed E-state index contributed by atoms with van der Waals surface area (Å²) < 4.78 is 36.9. The summed E-state index contributed by atoms with van der Waals surface area (Å²) in [7, 11) is 0. The van der Waals surface area contributed by atoms with Crippen molar-refractivity contribution in [3.8, 4) is 0 Å². The van der Waals surface area contributed by atoms with Crippen LogP contribution in [0.4, 0.5) is 0 Å². The van der Waals surface area contributed by atoms with Crippen LogP contribution < -0.4 is 0 Å². The molecule has 0 bridgehead atoms. The maximum Gasteiger partial charge on any atom is 0.187 e. The van der Waals surface area contributed by atoms with Crippen molar-refractivity contribution in [2.45, 2.75) is 152 Å². The Balaban J connectivity index is 1.56. The first-order valence-electron chi connectivity index (χ1n) is 14.9. The van der Waals surface area contributed by atoms with E-state index in [1.165, 1.54) is 0 Å². The minimum absolute atomic E-state index is 0.0525. The van der Waals surface area contributed by atoms with Gasteiger partial charge in [-0.15, -0.1) is 0 Å². The molecule has 5 N–H and O–H groups in total. The van der Waals surface area contributed by atoms with Gasteiger partial charge >= 0.3 is 0 Å². The molecular weight excluding hydrogens is 528 g/mol. The fourth-order valence-electron chi connectivity index (χ4n) is 6.30.